The van der Waals surface area contributed by atoms with Crippen molar-refractivity contribution in [2.24, 2.45) is 5.73 Å². The van der Waals surface area contributed by atoms with Crippen molar-refractivity contribution in [1.29, 1.82) is 0 Å². The summed E-state index contributed by atoms with van der Waals surface area (Å²) in [5, 5.41) is -0.700. The molecule has 15 heavy (non-hydrogen) atoms. The van der Waals surface area contributed by atoms with Gasteiger partial charge >= 0.3 is 0 Å². The van der Waals surface area contributed by atoms with E-state index in [1.165, 1.54) is 0 Å². The van der Waals surface area contributed by atoms with E-state index in [4.69, 9.17) is 17.3 Å². The van der Waals surface area contributed by atoms with Gasteiger partial charge in [0.15, 0.2) is 0 Å². The van der Waals surface area contributed by atoms with Crippen molar-refractivity contribution in [3.63, 3.8) is 0 Å². The van der Waals surface area contributed by atoms with Crippen LogP contribution >= 0.6 is 11.6 Å². The van der Waals surface area contributed by atoms with E-state index in [9.17, 15) is 17.6 Å². The van der Waals surface area contributed by atoms with Gasteiger partial charge in [0, 0.05) is 0 Å². The second kappa shape index (κ2) is 4.81. The van der Waals surface area contributed by atoms with Crippen molar-refractivity contribution in [3.05, 3.63) is 34.4 Å². The Bertz CT molecular complexity index is 356. The standard InChI is InChI=1S/C9H8ClF4N/c10-7-5(11)2-1-4(8(7)12)3-6(15)9(13)14/h1-2,6,9H,3,15H2. The maximum atomic E-state index is 13.2. The van der Waals surface area contributed by atoms with Crippen molar-refractivity contribution >= 4 is 11.6 Å². The van der Waals surface area contributed by atoms with Gasteiger partial charge in [-0.2, -0.15) is 0 Å². The molecule has 2 N–H and O–H groups in total. The predicted octanol–water partition coefficient (Wildman–Crippen LogP) is 2.75. The molecule has 0 saturated carbocycles. The molecule has 1 nitrogen and oxygen atoms in total. The Balaban J connectivity index is 2.92. The van der Waals surface area contributed by atoms with Crippen LogP contribution in [0.2, 0.25) is 5.02 Å². The van der Waals surface area contributed by atoms with Gasteiger partial charge in [-0.1, -0.05) is 17.7 Å². The van der Waals surface area contributed by atoms with Crippen LogP contribution in [0.25, 0.3) is 0 Å². The summed E-state index contributed by atoms with van der Waals surface area (Å²) in [7, 11) is 0. The Morgan fingerprint density at radius 1 is 1.27 bits per heavy atom. The van der Waals surface area contributed by atoms with Crippen molar-refractivity contribution in [2.75, 3.05) is 0 Å². The SMILES string of the molecule is NC(Cc1ccc(F)c(Cl)c1F)C(F)F. The van der Waals surface area contributed by atoms with Gasteiger partial charge in [0.1, 0.15) is 16.7 Å². The Morgan fingerprint density at radius 3 is 2.40 bits per heavy atom. The zero-order valence-electron chi connectivity index (χ0n) is 7.48. The first-order valence-corrected chi connectivity index (χ1v) is 4.47. The van der Waals surface area contributed by atoms with Gasteiger partial charge < -0.3 is 5.73 Å². The summed E-state index contributed by atoms with van der Waals surface area (Å²) in [6.07, 6.45) is -3.14. The molecule has 0 amide bonds. The lowest BCUT2D eigenvalue weighted by Gasteiger charge is -2.11. The second-order valence-electron chi connectivity index (χ2n) is 3.04. The maximum Gasteiger partial charge on any atom is 0.253 e. The van der Waals surface area contributed by atoms with Crippen molar-refractivity contribution < 1.29 is 17.6 Å². The average molecular weight is 242 g/mol. The number of halogens is 5. The molecular weight excluding hydrogens is 234 g/mol. The lowest BCUT2D eigenvalue weighted by molar-refractivity contribution is 0.115. The number of hydrogen-bond acceptors (Lipinski definition) is 1. The minimum atomic E-state index is -2.76. The van der Waals surface area contributed by atoms with Crippen molar-refractivity contribution in [2.45, 2.75) is 18.9 Å². The molecule has 6 heteroatoms. The lowest BCUT2D eigenvalue weighted by Crippen LogP contribution is -2.31. The Hall–Kier alpha value is -0.810. The van der Waals surface area contributed by atoms with Crippen molar-refractivity contribution in [3.8, 4) is 0 Å². The maximum absolute atomic E-state index is 13.2. The highest BCUT2D eigenvalue weighted by atomic mass is 35.5. The van der Waals surface area contributed by atoms with Gasteiger partial charge in [-0.15, -0.1) is 0 Å². The third-order valence-corrected chi connectivity index (χ3v) is 2.24. The zero-order valence-corrected chi connectivity index (χ0v) is 8.24. The highest BCUT2D eigenvalue weighted by molar-refractivity contribution is 6.30. The second-order valence-corrected chi connectivity index (χ2v) is 3.41. The van der Waals surface area contributed by atoms with E-state index in [2.05, 4.69) is 0 Å². The molecular formula is C9H8ClF4N. The Labute approximate surface area is 88.8 Å². The summed E-state index contributed by atoms with van der Waals surface area (Å²) >= 11 is 5.27. The molecule has 1 rings (SSSR count). The molecule has 1 aromatic carbocycles. The first-order valence-electron chi connectivity index (χ1n) is 4.09. The fraction of sp³-hybridized carbons (Fsp3) is 0.333. The highest BCUT2D eigenvalue weighted by Crippen LogP contribution is 2.23. The smallest absolute Gasteiger partial charge is 0.253 e. The summed E-state index contributed by atoms with van der Waals surface area (Å²) in [4.78, 5) is 0. The van der Waals surface area contributed by atoms with Crippen LogP contribution in [-0.2, 0) is 6.42 Å². The van der Waals surface area contributed by atoms with Crippen LogP contribution in [0.3, 0.4) is 0 Å². The van der Waals surface area contributed by atoms with Gasteiger partial charge in [-0.25, -0.2) is 17.6 Å². The Kier molecular flexibility index (Phi) is 3.93. The monoisotopic (exact) mass is 241 g/mol. The quantitative estimate of drug-likeness (QED) is 0.639. The fourth-order valence-electron chi connectivity index (χ4n) is 1.07. The van der Waals surface area contributed by atoms with Crippen LogP contribution in [0.15, 0.2) is 12.1 Å². The molecule has 0 heterocycles. The largest absolute Gasteiger partial charge is 0.323 e. The van der Waals surface area contributed by atoms with Crippen LogP contribution in [0.1, 0.15) is 5.56 Å². The van der Waals surface area contributed by atoms with Gasteiger partial charge in [0.25, 0.3) is 6.43 Å². The zero-order chi connectivity index (χ0) is 11.6. The molecule has 0 spiro atoms. The van der Waals surface area contributed by atoms with E-state index in [-0.39, 0.29) is 12.0 Å². The number of nitrogens with two attached hydrogens (primary N) is 1. The fourth-order valence-corrected chi connectivity index (χ4v) is 1.25. The van der Waals surface area contributed by atoms with Gasteiger partial charge in [-0.05, 0) is 18.1 Å². The molecule has 0 radical (unpaired) electrons. The van der Waals surface area contributed by atoms with E-state index < -0.39 is 29.1 Å². The summed E-state index contributed by atoms with van der Waals surface area (Å²) in [5.41, 5.74) is 4.94. The molecule has 0 aliphatic carbocycles. The van der Waals surface area contributed by atoms with Gasteiger partial charge in [-0.3, -0.25) is 0 Å². The average Bonchev–Trinajstić information content (AvgIpc) is 2.18. The minimum Gasteiger partial charge on any atom is -0.323 e. The van der Waals surface area contributed by atoms with Crippen LogP contribution in [0, 0.1) is 11.6 Å². The molecule has 0 aliphatic rings. The van der Waals surface area contributed by atoms with Crippen LogP contribution in [0.4, 0.5) is 17.6 Å². The van der Waals surface area contributed by atoms with Gasteiger partial charge in [0.2, 0.25) is 0 Å². The van der Waals surface area contributed by atoms with E-state index in [0.29, 0.717) is 0 Å². The summed E-state index contributed by atoms with van der Waals surface area (Å²) in [6, 6.07) is 0.485. The first kappa shape index (κ1) is 12.3. The molecule has 0 aliphatic heterocycles. The molecule has 0 aromatic heterocycles. The summed E-state index contributed by atoms with van der Waals surface area (Å²) < 4.78 is 50.1. The molecule has 0 saturated heterocycles. The Morgan fingerprint density at radius 2 is 1.87 bits per heavy atom. The van der Waals surface area contributed by atoms with Crippen LogP contribution < -0.4 is 5.73 Å². The van der Waals surface area contributed by atoms with E-state index in [0.717, 1.165) is 12.1 Å². The molecule has 1 aromatic rings. The number of benzene rings is 1. The van der Waals surface area contributed by atoms with Crippen LogP contribution in [-0.4, -0.2) is 12.5 Å². The predicted molar refractivity (Wildman–Crippen MR) is 49.1 cm³/mol. The number of rotatable bonds is 3. The van der Waals surface area contributed by atoms with Crippen LogP contribution in [0.5, 0.6) is 0 Å². The molecule has 0 bridgehead atoms. The molecule has 1 atom stereocenters. The summed E-state index contributed by atoms with van der Waals surface area (Å²) in [5.74, 6) is -1.96. The normalized spacial score (nSPS) is 13.3. The first-order chi connectivity index (χ1) is 6.93. The molecule has 0 fully saturated rings. The minimum absolute atomic E-state index is 0.116. The highest BCUT2D eigenvalue weighted by Gasteiger charge is 2.19. The topological polar surface area (TPSA) is 26.0 Å². The third-order valence-electron chi connectivity index (χ3n) is 1.89. The molecule has 1 unspecified atom stereocenters. The number of hydrogen-bond donors (Lipinski definition) is 1. The number of alkyl halides is 2. The summed E-state index contributed by atoms with van der Waals surface area (Å²) in [6.45, 7) is 0. The van der Waals surface area contributed by atoms with E-state index in [1.54, 1.807) is 0 Å². The third kappa shape index (κ3) is 2.82. The molecule has 84 valence electrons. The van der Waals surface area contributed by atoms with E-state index in [1.807, 2.05) is 0 Å². The van der Waals surface area contributed by atoms with E-state index >= 15 is 0 Å². The van der Waals surface area contributed by atoms with Crippen molar-refractivity contribution in [1.82, 2.24) is 0 Å². The lowest BCUT2D eigenvalue weighted by atomic mass is 10.1. The van der Waals surface area contributed by atoms with Gasteiger partial charge in [0.05, 0.1) is 6.04 Å².